The summed E-state index contributed by atoms with van der Waals surface area (Å²) in [5, 5.41) is 0. The Labute approximate surface area is 61.1 Å². The first kappa shape index (κ1) is 6.58. The molecule has 3 heteroatoms. The van der Waals surface area contributed by atoms with Gasteiger partial charge < -0.3 is 10.5 Å². The lowest BCUT2D eigenvalue weighted by Crippen LogP contribution is -2.48. The van der Waals surface area contributed by atoms with Crippen molar-refractivity contribution in [2.75, 3.05) is 26.3 Å². The van der Waals surface area contributed by atoms with E-state index < -0.39 is 0 Å². The number of hydrogen-bond acceptors (Lipinski definition) is 3. The maximum atomic E-state index is 5.76. The summed E-state index contributed by atoms with van der Waals surface area (Å²) in [6.45, 7) is 4.10. The molecular formula is C7H14N2O. The van der Waals surface area contributed by atoms with Gasteiger partial charge >= 0.3 is 0 Å². The van der Waals surface area contributed by atoms with Gasteiger partial charge in [0.25, 0.3) is 0 Å². The fraction of sp³-hybridized carbons (Fsp3) is 1.00. The first-order chi connectivity index (χ1) is 4.86. The van der Waals surface area contributed by atoms with Gasteiger partial charge in [-0.05, 0) is 6.42 Å². The van der Waals surface area contributed by atoms with Crippen molar-refractivity contribution < 1.29 is 4.74 Å². The molecule has 2 saturated heterocycles. The van der Waals surface area contributed by atoms with Crippen LogP contribution in [0.3, 0.4) is 0 Å². The first-order valence-corrected chi connectivity index (χ1v) is 3.93. The third kappa shape index (κ3) is 1.05. The van der Waals surface area contributed by atoms with E-state index in [0.29, 0.717) is 12.1 Å². The molecule has 0 amide bonds. The van der Waals surface area contributed by atoms with Crippen LogP contribution in [0.4, 0.5) is 0 Å². The molecule has 2 fully saturated rings. The van der Waals surface area contributed by atoms with Gasteiger partial charge in [0.05, 0.1) is 19.3 Å². The molecule has 2 aliphatic heterocycles. The van der Waals surface area contributed by atoms with Crippen LogP contribution in [0.25, 0.3) is 0 Å². The molecular weight excluding hydrogens is 128 g/mol. The Morgan fingerprint density at radius 1 is 1.40 bits per heavy atom. The Morgan fingerprint density at radius 3 is 2.60 bits per heavy atom. The largest absolute Gasteiger partial charge is 0.378 e. The topological polar surface area (TPSA) is 38.5 Å². The van der Waals surface area contributed by atoms with Gasteiger partial charge in [-0.25, -0.2) is 0 Å². The number of likely N-dealkylation sites (tertiary alicyclic amines) is 1. The first-order valence-electron chi connectivity index (χ1n) is 3.93. The van der Waals surface area contributed by atoms with E-state index in [9.17, 15) is 0 Å². The minimum Gasteiger partial charge on any atom is -0.378 e. The van der Waals surface area contributed by atoms with E-state index in [4.69, 9.17) is 10.5 Å². The van der Waals surface area contributed by atoms with Gasteiger partial charge in [0.2, 0.25) is 0 Å². The van der Waals surface area contributed by atoms with Gasteiger partial charge in [-0.15, -0.1) is 0 Å². The SMILES string of the molecule is NC1CCN(C2COC2)C1. The molecule has 0 aromatic carbocycles. The van der Waals surface area contributed by atoms with Crippen LogP contribution in [0.15, 0.2) is 0 Å². The van der Waals surface area contributed by atoms with Gasteiger partial charge in [0.15, 0.2) is 0 Å². The van der Waals surface area contributed by atoms with Crippen molar-refractivity contribution in [3.63, 3.8) is 0 Å². The summed E-state index contributed by atoms with van der Waals surface area (Å²) >= 11 is 0. The van der Waals surface area contributed by atoms with E-state index in [0.717, 1.165) is 26.2 Å². The normalized spacial score (nSPS) is 36.3. The van der Waals surface area contributed by atoms with Crippen LogP contribution in [0, 0.1) is 0 Å². The second-order valence-electron chi connectivity index (χ2n) is 3.23. The highest BCUT2D eigenvalue weighted by Crippen LogP contribution is 2.16. The molecule has 2 aliphatic rings. The van der Waals surface area contributed by atoms with Crippen LogP contribution >= 0.6 is 0 Å². The molecule has 2 rings (SSSR count). The Hall–Kier alpha value is -0.120. The molecule has 3 nitrogen and oxygen atoms in total. The van der Waals surface area contributed by atoms with Crippen molar-refractivity contribution in [2.45, 2.75) is 18.5 Å². The lowest BCUT2D eigenvalue weighted by Gasteiger charge is -2.34. The van der Waals surface area contributed by atoms with E-state index >= 15 is 0 Å². The summed E-state index contributed by atoms with van der Waals surface area (Å²) in [4.78, 5) is 2.44. The molecule has 1 atom stereocenters. The zero-order chi connectivity index (χ0) is 6.97. The summed E-state index contributed by atoms with van der Waals surface area (Å²) < 4.78 is 5.10. The molecule has 10 heavy (non-hydrogen) atoms. The molecule has 0 bridgehead atoms. The second-order valence-corrected chi connectivity index (χ2v) is 3.23. The number of hydrogen-bond donors (Lipinski definition) is 1. The minimum atomic E-state index is 0.417. The summed E-state index contributed by atoms with van der Waals surface area (Å²) in [6.07, 6.45) is 1.16. The third-order valence-corrected chi connectivity index (χ3v) is 2.39. The third-order valence-electron chi connectivity index (χ3n) is 2.39. The van der Waals surface area contributed by atoms with E-state index in [1.54, 1.807) is 0 Å². The predicted octanol–water partition coefficient (Wildman–Crippen LogP) is -0.582. The molecule has 0 radical (unpaired) electrons. The number of nitrogens with two attached hydrogens (primary N) is 1. The van der Waals surface area contributed by atoms with Gasteiger partial charge in [-0.2, -0.15) is 0 Å². The van der Waals surface area contributed by atoms with E-state index in [1.165, 1.54) is 6.54 Å². The van der Waals surface area contributed by atoms with Gasteiger partial charge in [0.1, 0.15) is 0 Å². The fourth-order valence-electron chi connectivity index (χ4n) is 1.58. The highest BCUT2D eigenvalue weighted by atomic mass is 16.5. The van der Waals surface area contributed by atoms with Crippen LogP contribution in [-0.2, 0) is 4.74 Å². The second kappa shape index (κ2) is 2.49. The standard InChI is InChI=1S/C7H14N2O/c8-6-1-2-9(3-6)7-4-10-5-7/h6-7H,1-5,8H2. The smallest absolute Gasteiger partial charge is 0.0645 e. The summed E-state index contributed by atoms with van der Waals surface area (Å²) in [6, 6.07) is 1.11. The lowest BCUT2D eigenvalue weighted by atomic mass is 10.2. The van der Waals surface area contributed by atoms with Crippen molar-refractivity contribution in [2.24, 2.45) is 5.73 Å². The Kier molecular flexibility index (Phi) is 1.64. The van der Waals surface area contributed by atoms with E-state index in [-0.39, 0.29) is 0 Å². The Morgan fingerprint density at radius 2 is 2.20 bits per heavy atom. The molecule has 0 aliphatic carbocycles. The number of rotatable bonds is 1. The van der Waals surface area contributed by atoms with Crippen molar-refractivity contribution in [1.29, 1.82) is 0 Å². The zero-order valence-electron chi connectivity index (χ0n) is 6.12. The van der Waals surface area contributed by atoms with Crippen LogP contribution in [-0.4, -0.2) is 43.3 Å². The van der Waals surface area contributed by atoms with Crippen LogP contribution < -0.4 is 5.73 Å². The Balaban J connectivity index is 1.82. The highest BCUT2D eigenvalue weighted by molar-refractivity contribution is 4.86. The van der Waals surface area contributed by atoms with Gasteiger partial charge in [-0.3, -0.25) is 4.90 Å². The summed E-state index contributed by atoms with van der Waals surface area (Å²) in [5.41, 5.74) is 5.76. The molecule has 0 spiro atoms. The highest BCUT2D eigenvalue weighted by Gasteiger charge is 2.30. The average molecular weight is 142 g/mol. The minimum absolute atomic E-state index is 0.417. The molecule has 2 heterocycles. The monoisotopic (exact) mass is 142 g/mol. The quantitative estimate of drug-likeness (QED) is 0.532. The molecule has 1 unspecified atom stereocenters. The van der Waals surface area contributed by atoms with E-state index in [1.807, 2.05) is 0 Å². The lowest BCUT2D eigenvalue weighted by molar-refractivity contribution is -0.0572. The maximum absolute atomic E-state index is 5.76. The van der Waals surface area contributed by atoms with Crippen molar-refractivity contribution in [3.8, 4) is 0 Å². The van der Waals surface area contributed by atoms with Crippen molar-refractivity contribution in [1.82, 2.24) is 4.90 Å². The Bertz CT molecular complexity index is 125. The summed E-state index contributed by atoms with van der Waals surface area (Å²) in [7, 11) is 0. The molecule has 58 valence electrons. The maximum Gasteiger partial charge on any atom is 0.0645 e. The van der Waals surface area contributed by atoms with Crippen molar-refractivity contribution >= 4 is 0 Å². The predicted molar refractivity (Wildman–Crippen MR) is 38.8 cm³/mol. The average Bonchev–Trinajstić information content (AvgIpc) is 2.10. The van der Waals surface area contributed by atoms with Gasteiger partial charge in [-0.1, -0.05) is 0 Å². The van der Waals surface area contributed by atoms with E-state index in [2.05, 4.69) is 4.90 Å². The molecule has 2 N–H and O–H groups in total. The van der Waals surface area contributed by atoms with Crippen LogP contribution in [0.2, 0.25) is 0 Å². The number of ether oxygens (including phenoxy) is 1. The zero-order valence-corrected chi connectivity index (χ0v) is 6.12. The molecule has 0 saturated carbocycles. The van der Waals surface area contributed by atoms with Crippen molar-refractivity contribution in [3.05, 3.63) is 0 Å². The van der Waals surface area contributed by atoms with Gasteiger partial charge in [0, 0.05) is 19.1 Å². The fourth-order valence-corrected chi connectivity index (χ4v) is 1.58. The summed E-state index contributed by atoms with van der Waals surface area (Å²) in [5.74, 6) is 0. The van der Waals surface area contributed by atoms with Crippen LogP contribution in [0.1, 0.15) is 6.42 Å². The molecule has 0 aromatic rings. The number of nitrogens with zero attached hydrogens (tertiary/aromatic N) is 1. The van der Waals surface area contributed by atoms with Crippen LogP contribution in [0.5, 0.6) is 0 Å². The molecule has 0 aromatic heterocycles.